The van der Waals surface area contributed by atoms with Crippen LogP contribution in [0.4, 0.5) is 4.79 Å². The van der Waals surface area contributed by atoms with Crippen molar-refractivity contribution in [1.29, 1.82) is 0 Å². The standard InChI is InChI=1S/C23H22N2O5S/c26-21(24-10-12-29-13-11-24)15-25-22(27)20(31-23(25)28)14-18-8-4-5-9-19(18)30-16-17-6-2-1-3-7-17/h1-9,14H,10-13,15-16H2/b20-14+. The summed E-state index contributed by atoms with van der Waals surface area (Å²) in [5, 5.41) is -0.444. The maximum atomic E-state index is 12.8. The number of hydrogen-bond acceptors (Lipinski definition) is 6. The van der Waals surface area contributed by atoms with Gasteiger partial charge < -0.3 is 14.4 Å². The van der Waals surface area contributed by atoms with Crippen molar-refractivity contribution in [3.63, 3.8) is 0 Å². The fourth-order valence-corrected chi connectivity index (χ4v) is 4.12. The lowest BCUT2D eigenvalue weighted by Crippen LogP contribution is -2.46. The molecule has 8 heteroatoms. The molecule has 2 aromatic carbocycles. The van der Waals surface area contributed by atoms with Gasteiger partial charge in [0.25, 0.3) is 11.1 Å². The number of morpholine rings is 1. The highest BCUT2D eigenvalue weighted by molar-refractivity contribution is 8.18. The molecule has 3 amide bonds. The van der Waals surface area contributed by atoms with Crippen LogP contribution < -0.4 is 4.74 Å². The number of amides is 3. The predicted octanol–water partition coefficient (Wildman–Crippen LogP) is 3.16. The molecule has 2 fully saturated rings. The second-order valence-electron chi connectivity index (χ2n) is 7.07. The first-order valence-corrected chi connectivity index (χ1v) is 10.8. The number of carbonyl (C=O) groups is 3. The SMILES string of the molecule is O=C(CN1C(=O)S/C(=C/c2ccccc2OCc2ccccc2)C1=O)N1CCOCC1. The minimum atomic E-state index is -0.463. The summed E-state index contributed by atoms with van der Waals surface area (Å²) < 4.78 is 11.2. The molecule has 4 rings (SSSR count). The Morgan fingerprint density at radius 3 is 2.52 bits per heavy atom. The van der Waals surface area contributed by atoms with Crippen LogP contribution in [0.1, 0.15) is 11.1 Å². The highest BCUT2D eigenvalue weighted by Crippen LogP contribution is 2.34. The molecule has 0 aliphatic carbocycles. The van der Waals surface area contributed by atoms with E-state index in [2.05, 4.69) is 0 Å². The molecule has 2 aromatic rings. The number of para-hydroxylation sites is 1. The van der Waals surface area contributed by atoms with Crippen molar-refractivity contribution in [2.45, 2.75) is 6.61 Å². The van der Waals surface area contributed by atoms with Gasteiger partial charge in [0, 0.05) is 18.7 Å². The number of nitrogens with zero attached hydrogens (tertiary/aromatic N) is 2. The highest BCUT2D eigenvalue weighted by atomic mass is 32.2. The average molecular weight is 439 g/mol. The monoisotopic (exact) mass is 438 g/mol. The zero-order valence-corrected chi connectivity index (χ0v) is 17.7. The third-order valence-corrected chi connectivity index (χ3v) is 5.88. The van der Waals surface area contributed by atoms with E-state index >= 15 is 0 Å². The lowest BCUT2D eigenvalue weighted by Gasteiger charge is -2.28. The molecule has 2 aliphatic heterocycles. The third kappa shape index (κ3) is 5.15. The number of thioether (sulfide) groups is 1. The van der Waals surface area contributed by atoms with E-state index in [9.17, 15) is 14.4 Å². The van der Waals surface area contributed by atoms with Gasteiger partial charge in [0.05, 0.1) is 18.1 Å². The summed E-state index contributed by atoms with van der Waals surface area (Å²) in [7, 11) is 0. The first-order chi connectivity index (χ1) is 15.1. The molecule has 0 unspecified atom stereocenters. The molecule has 0 N–H and O–H groups in total. The Hall–Kier alpha value is -3.10. The van der Waals surface area contributed by atoms with Crippen LogP contribution in [0.25, 0.3) is 6.08 Å². The number of ether oxygens (including phenoxy) is 2. The smallest absolute Gasteiger partial charge is 0.294 e. The molecule has 0 bridgehead atoms. The fraction of sp³-hybridized carbons (Fsp3) is 0.261. The molecular weight excluding hydrogens is 416 g/mol. The largest absolute Gasteiger partial charge is 0.488 e. The van der Waals surface area contributed by atoms with Crippen molar-refractivity contribution >= 4 is 34.9 Å². The lowest BCUT2D eigenvalue weighted by molar-refractivity contribution is -0.139. The molecule has 0 aromatic heterocycles. The molecule has 0 saturated carbocycles. The highest BCUT2D eigenvalue weighted by Gasteiger charge is 2.37. The van der Waals surface area contributed by atoms with Gasteiger partial charge in [-0.05, 0) is 29.5 Å². The Kier molecular flexibility index (Phi) is 6.69. The van der Waals surface area contributed by atoms with E-state index in [4.69, 9.17) is 9.47 Å². The predicted molar refractivity (Wildman–Crippen MR) is 117 cm³/mol. The summed E-state index contributed by atoms with van der Waals surface area (Å²) in [6, 6.07) is 17.1. The lowest BCUT2D eigenvalue weighted by atomic mass is 10.1. The number of carbonyl (C=O) groups excluding carboxylic acids is 3. The van der Waals surface area contributed by atoms with Crippen LogP contribution in [0.3, 0.4) is 0 Å². The van der Waals surface area contributed by atoms with Crippen molar-refractivity contribution in [2.24, 2.45) is 0 Å². The summed E-state index contributed by atoms with van der Waals surface area (Å²) in [5.74, 6) is -0.101. The number of imide groups is 1. The van der Waals surface area contributed by atoms with Gasteiger partial charge in [-0.1, -0.05) is 48.5 Å². The molecule has 2 aliphatic rings. The second-order valence-corrected chi connectivity index (χ2v) is 8.07. The van der Waals surface area contributed by atoms with Crippen LogP contribution in [0.5, 0.6) is 5.75 Å². The molecule has 0 radical (unpaired) electrons. The zero-order valence-electron chi connectivity index (χ0n) is 16.9. The molecule has 2 heterocycles. The van der Waals surface area contributed by atoms with Gasteiger partial charge in [-0.25, -0.2) is 0 Å². The maximum Gasteiger partial charge on any atom is 0.294 e. The summed E-state index contributed by atoms with van der Waals surface area (Å²) >= 11 is 0.836. The van der Waals surface area contributed by atoms with Crippen molar-refractivity contribution in [3.8, 4) is 5.75 Å². The van der Waals surface area contributed by atoms with Crippen LogP contribution in [-0.2, 0) is 20.9 Å². The Labute approximate surface area is 184 Å². The average Bonchev–Trinajstić information content (AvgIpc) is 3.07. The Morgan fingerprint density at radius 2 is 1.74 bits per heavy atom. The summed E-state index contributed by atoms with van der Waals surface area (Å²) in [4.78, 5) is 40.6. The van der Waals surface area contributed by atoms with Crippen molar-refractivity contribution in [2.75, 3.05) is 32.8 Å². The van der Waals surface area contributed by atoms with E-state index in [1.54, 1.807) is 11.0 Å². The number of benzene rings is 2. The molecule has 0 spiro atoms. The van der Waals surface area contributed by atoms with E-state index in [1.807, 2.05) is 54.6 Å². The van der Waals surface area contributed by atoms with Gasteiger partial charge in [0.2, 0.25) is 5.91 Å². The molecule has 7 nitrogen and oxygen atoms in total. The van der Waals surface area contributed by atoms with Crippen LogP contribution >= 0.6 is 11.8 Å². The normalized spacial score (nSPS) is 18.0. The minimum absolute atomic E-state index is 0.251. The van der Waals surface area contributed by atoms with Gasteiger partial charge in [0.1, 0.15) is 18.9 Å². The summed E-state index contributed by atoms with van der Waals surface area (Å²) in [6.07, 6.45) is 1.64. The van der Waals surface area contributed by atoms with Crippen LogP contribution in [0, 0.1) is 0 Å². The molecule has 31 heavy (non-hydrogen) atoms. The van der Waals surface area contributed by atoms with Gasteiger partial charge in [0.15, 0.2) is 0 Å². The maximum absolute atomic E-state index is 12.8. The van der Waals surface area contributed by atoms with Gasteiger partial charge in [-0.15, -0.1) is 0 Å². The summed E-state index contributed by atoms with van der Waals surface area (Å²) in [5.41, 5.74) is 1.72. The first kappa shape index (κ1) is 21.1. The van der Waals surface area contributed by atoms with Gasteiger partial charge in [-0.2, -0.15) is 0 Å². The van der Waals surface area contributed by atoms with Crippen molar-refractivity contribution in [1.82, 2.24) is 9.80 Å². The Morgan fingerprint density at radius 1 is 1.03 bits per heavy atom. The number of hydrogen-bond donors (Lipinski definition) is 0. The Balaban J connectivity index is 1.46. The minimum Gasteiger partial charge on any atom is -0.488 e. The van der Waals surface area contributed by atoms with E-state index in [-0.39, 0.29) is 17.4 Å². The van der Waals surface area contributed by atoms with E-state index in [0.29, 0.717) is 44.2 Å². The molecule has 160 valence electrons. The van der Waals surface area contributed by atoms with E-state index in [0.717, 1.165) is 22.2 Å². The van der Waals surface area contributed by atoms with Gasteiger partial charge >= 0.3 is 0 Å². The van der Waals surface area contributed by atoms with Crippen LogP contribution in [0.2, 0.25) is 0 Å². The summed E-state index contributed by atoms with van der Waals surface area (Å²) in [6.45, 7) is 2.00. The third-order valence-electron chi connectivity index (χ3n) is 4.97. The quantitative estimate of drug-likeness (QED) is 0.645. The van der Waals surface area contributed by atoms with Crippen molar-refractivity contribution < 1.29 is 23.9 Å². The van der Waals surface area contributed by atoms with Gasteiger partial charge in [-0.3, -0.25) is 19.3 Å². The van der Waals surface area contributed by atoms with E-state index in [1.165, 1.54) is 0 Å². The van der Waals surface area contributed by atoms with Crippen LogP contribution in [-0.4, -0.2) is 59.7 Å². The zero-order chi connectivity index (χ0) is 21.6. The van der Waals surface area contributed by atoms with E-state index < -0.39 is 11.1 Å². The van der Waals surface area contributed by atoms with Crippen LogP contribution in [0.15, 0.2) is 59.5 Å². The molecular formula is C23H22N2O5S. The van der Waals surface area contributed by atoms with Crippen molar-refractivity contribution in [3.05, 3.63) is 70.6 Å². The molecule has 2 saturated heterocycles. The Bertz CT molecular complexity index is 1000. The second kappa shape index (κ2) is 9.80. The topological polar surface area (TPSA) is 76.2 Å². The fourth-order valence-electron chi connectivity index (χ4n) is 3.29. The molecule has 0 atom stereocenters. The number of rotatable bonds is 6. The first-order valence-electron chi connectivity index (χ1n) is 9.98.